The van der Waals surface area contributed by atoms with Gasteiger partial charge in [0.05, 0.1) is 12.7 Å². The Morgan fingerprint density at radius 2 is 1.88 bits per heavy atom. The maximum absolute atomic E-state index is 12.1. The number of phenols is 1. The zero-order chi connectivity index (χ0) is 18.2. The highest BCUT2D eigenvalue weighted by molar-refractivity contribution is 6.06. The van der Waals surface area contributed by atoms with Gasteiger partial charge in [0.25, 0.3) is 5.91 Å². The summed E-state index contributed by atoms with van der Waals surface area (Å²) in [6.45, 7) is 0. The fraction of sp³-hybridized carbons (Fsp3) is 0.0556. The molecule has 0 spiro atoms. The van der Waals surface area contributed by atoms with E-state index in [1.54, 1.807) is 36.4 Å². The second kappa shape index (κ2) is 8.17. The summed E-state index contributed by atoms with van der Waals surface area (Å²) in [5.41, 5.74) is 1.04. The molecule has 1 amide bonds. The molecular weight excluding hydrogens is 322 g/mol. The number of ether oxygens (including phenoxy) is 1. The van der Waals surface area contributed by atoms with Crippen LogP contribution < -0.4 is 10.6 Å². The molecular formula is C18H15N3O4. The van der Waals surface area contributed by atoms with Crippen LogP contribution in [0.4, 0.5) is 11.4 Å². The second-order valence-corrected chi connectivity index (χ2v) is 4.89. The fourth-order valence-electron chi connectivity index (χ4n) is 1.94. The molecule has 25 heavy (non-hydrogen) atoms. The SMILES string of the molecule is COC(=O)c1cccc(N/C=C(/C#N)C(=O)Nc2cccc(O)c2)c1. The minimum atomic E-state index is -0.635. The number of esters is 1. The van der Waals surface area contributed by atoms with E-state index >= 15 is 0 Å². The lowest BCUT2D eigenvalue weighted by Gasteiger charge is -2.06. The molecule has 2 aromatic carbocycles. The molecule has 0 bridgehead atoms. The van der Waals surface area contributed by atoms with Crippen LogP contribution in [0.15, 0.2) is 60.3 Å². The Kier molecular flexibility index (Phi) is 5.74. The van der Waals surface area contributed by atoms with Crippen LogP contribution in [0, 0.1) is 11.3 Å². The predicted molar refractivity (Wildman–Crippen MR) is 91.8 cm³/mol. The number of benzene rings is 2. The first-order valence-corrected chi connectivity index (χ1v) is 7.19. The van der Waals surface area contributed by atoms with Gasteiger partial charge in [0.15, 0.2) is 0 Å². The number of anilines is 2. The molecule has 0 aliphatic rings. The predicted octanol–water partition coefficient (Wildman–Crippen LogP) is 2.64. The Hall–Kier alpha value is -3.79. The van der Waals surface area contributed by atoms with Crippen molar-refractivity contribution in [2.24, 2.45) is 0 Å². The number of nitrogens with one attached hydrogen (secondary N) is 2. The summed E-state index contributed by atoms with van der Waals surface area (Å²) in [7, 11) is 1.28. The number of aromatic hydroxyl groups is 1. The van der Waals surface area contributed by atoms with E-state index in [0.29, 0.717) is 16.9 Å². The summed E-state index contributed by atoms with van der Waals surface area (Å²) >= 11 is 0. The molecule has 7 nitrogen and oxygen atoms in total. The average molecular weight is 337 g/mol. The Bertz CT molecular complexity index is 869. The second-order valence-electron chi connectivity index (χ2n) is 4.89. The van der Waals surface area contributed by atoms with Gasteiger partial charge in [-0.2, -0.15) is 5.26 Å². The summed E-state index contributed by atoms with van der Waals surface area (Å²) in [6, 6.07) is 14.2. The largest absolute Gasteiger partial charge is 0.508 e. The van der Waals surface area contributed by atoms with E-state index in [4.69, 9.17) is 5.26 Å². The van der Waals surface area contributed by atoms with E-state index in [0.717, 1.165) is 0 Å². The van der Waals surface area contributed by atoms with Crippen LogP contribution in [-0.4, -0.2) is 24.1 Å². The first-order chi connectivity index (χ1) is 12.0. The van der Waals surface area contributed by atoms with E-state index in [9.17, 15) is 14.7 Å². The standard InChI is InChI=1S/C18H15N3O4/c1-25-18(24)12-4-2-5-14(8-12)20-11-13(10-19)17(23)21-15-6-3-7-16(22)9-15/h2-9,11,20,22H,1H3,(H,21,23)/b13-11-. The molecule has 126 valence electrons. The van der Waals surface area contributed by atoms with Gasteiger partial charge in [0, 0.05) is 23.6 Å². The summed E-state index contributed by atoms with van der Waals surface area (Å²) in [5.74, 6) is -1.13. The molecule has 3 N–H and O–H groups in total. The van der Waals surface area contributed by atoms with E-state index in [-0.39, 0.29) is 11.3 Å². The van der Waals surface area contributed by atoms with Crippen molar-refractivity contribution in [3.05, 3.63) is 65.9 Å². The molecule has 0 heterocycles. The molecule has 0 unspecified atom stereocenters. The average Bonchev–Trinajstić information content (AvgIpc) is 2.61. The molecule has 0 saturated carbocycles. The molecule has 0 aromatic heterocycles. The van der Waals surface area contributed by atoms with Crippen LogP contribution >= 0.6 is 0 Å². The lowest BCUT2D eigenvalue weighted by molar-refractivity contribution is -0.112. The lowest BCUT2D eigenvalue weighted by atomic mass is 10.2. The van der Waals surface area contributed by atoms with Crippen LogP contribution in [0.25, 0.3) is 0 Å². The molecule has 0 aliphatic heterocycles. The maximum Gasteiger partial charge on any atom is 0.337 e. The lowest BCUT2D eigenvalue weighted by Crippen LogP contribution is -2.14. The first kappa shape index (κ1) is 17.6. The number of methoxy groups -OCH3 is 1. The van der Waals surface area contributed by atoms with E-state index in [1.807, 2.05) is 0 Å². The third-order valence-electron chi connectivity index (χ3n) is 3.14. The minimum absolute atomic E-state index is 0.00182. The van der Waals surface area contributed by atoms with Gasteiger partial charge in [-0.05, 0) is 30.3 Å². The first-order valence-electron chi connectivity index (χ1n) is 7.19. The third-order valence-corrected chi connectivity index (χ3v) is 3.14. The smallest absolute Gasteiger partial charge is 0.337 e. The molecule has 2 rings (SSSR count). The van der Waals surface area contributed by atoms with Crippen LogP contribution in [0.3, 0.4) is 0 Å². The zero-order valence-electron chi connectivity index (χ0n) is 13.3. The molecule has 2 aromatic rings. The van der Waals surface area contributed by atoms with Crippen LogP contribution in [0.1, 0.15) is 10.4 Å². The van der Waals surface area contributed by atoms with Crippen molar-refractivity contribution in [3.63, 3.8) is 0 Å². The number of phenolic OH excluding ortho intramolecular Hbond substituents is 1. The monoisotopic (exact) mass is 337 g/mol. The van der Waals surface area contributed by atoms with E-state index in [2.05, 4.69) is 15.4 Å². The summed E-state index contributed by atoms with van der Waals surface area (Å²) in [4.78, 5) is 23.6. The molecule has 7 heteroatoms. The number of rotatable bonds is 5. The maximum atomic E-state index is 12.1. The Balaban J connectivity index is 2.11. The van der Waals surface area contributed by atoms with Crippen molar-refractivity contribution in [1.82, 2.24) is 0 Å². The van der Waals surface area contributed by atoms with Crippen molar-refractivity contribution in [3.8, 4) is 11.8 Å². The number of carbonyl (C=O) groups is 2. The molecule has 0 radical (unpaired) electrons. The van der Waals surface area contributed by atoms with Gasteiger partial charge in [-0.15, -0.1) is 0 Å². The topological polar surface area (TPSA) is 111 Å². The fourth-order valence-corrected chi connectivity index (χ4v) is 1.94. The Morgan fingerprint density at radius 1 is 1.16 bits per heavy atom. The highest BCUT2D eigenvalue weighted by Gasteiger charge is 2.10. The number of hydrogen-bond acceptors (Lipinski definition) is 6. The minimum Gasteiger partial charge on any atom is -0.508 e. The Morgan fingerprint density at radius 3 is 2.56 bits per heavy atom. The number of nitriles is 1. The quantitative estimate of drug-likeness (QED) is 0.439. The van der Waals surface area contributed by atoms with E-state index < -0.39 is 11.9 Å². The normalized spacial score (nSPS) is 10.5. The van der Waals surface area contributed by atoms with Crippen molar-refractivity contribution >= 4 is 23.3 Å². The van der Waals surface area contributed by atoms with Gasteiger partial charge >= 0.3 is 5.97 Å². The van der Waals surface area contributed by atoms with Gasteiger partial charge in [-0.25, -0.2) is 4.79 Å². The van der Waals surface area contributed by atoms with Gasteiger partial charge in [-0.3, -0.25) is 4.79 Å². The summed E-state index contributed by atoms with van der Waals surface area (Å²) < 4.78 is 4.63. The summed E-state index contributed by atoms with van der Waals surface area (Å²) in [6.07, 6.45) is 1.23. The molecule has 0 aliphatic carbocycles. The van der Waals surface area contributed by atoms with Gasteiger partial charge in [-0.1, -0.05) is 12.1 Å². The van der Waals surface area contributed by atoms with Gasteiger partial charge < -0.3 is 20.5 Å². The Labute approximate surface area is 144 Å². The molecule has 0 fully saturated rings. The molecule has 0 atom stereocenters. The summed E-state index contributed by atoms with van der Waals surface area (Å²) in [5, 5.41) is 23.8. The number of amides is 1. The van der Waals surface area contributed by atoms with Crippen LogP contribution in [0.5, 0.6) is 5.75 Å². The van der Waals surface area contributed by atoms with Crippen molar-refractivity contribution in [2.75, 3.05) is 17.7 Å². The number of carbonyl (C=O) groups excluding carboxylic acids is 2. The third kappa shape index (κ3) is 4.84. The molecule has 0 saturated heterocycles. The van der Waals surface area contributed by atoms with Crippen molar-refractivity contribution < 1.29 is 19.4 Å². The van der Waals surface area contributed by atoms with Crippen molar-refractivity contribution in [2.45, 2.75) is 0 Å². The zero-order valence-corrected chi connectivity index (χ0v) is 13.3. The van der Waals surface area contributed by atoms with Gasteiger partial charge in [0.2, 0.25) is 0 Å². The highest BCUT2D eigenvalue weighted by Crippen LogP contribution is 2.16. The van der Waals surface area contributed by atoms with E-state index in [1.165, 1.54) is 31.5 Å². The van der Waals surface area contributed by atoms with Crippen molar-refractivity contribution in [1.29, 1.82) is 5.26 Å². The highest BCUT2D eigenvalue weighted by atomic mass is 16.5. The van der Waals surface area contributed by atoms with Gasteiger partial charge in [0.1, 0.15) is 17.4 Å². The number of nitrogens with zero attached hydrogens (tertiary/aromatic N) is 1. The number of hydrogen-bond donors (Lipinski definition) is 3. The van der Waals surface area contributed by atoms with Crippen LogP contribution in [0.2, 0.25) is 0 Å². The van der Waals surface area contributed by atoms with Crippen LogP contribution in [-0.2, 0) is 9.53 Å².